The van der Waals surface area contributed by atoms with Crippen LogP contribution in [-0.2, 0) is 9.47 Å². The number of hydrogen-bond donors (Lipinski definition) is 0. The van der Waals surface area contributed by atoms with E-state index in [1.54, 1.807) is 0 Å². The van der Waals surface area contributed by atoms with E-state index < -0.39 is 0 Å². The minimum atomic E-state index is -0.118. The van der Waals surface area contributed by atoms with Crippen molar-refractivity contribution >= 4 is 15.9 Å². The lowest BCUT2D eigenvalue weighted by Crippen LogP contribution is -2.25. The third kappa shape index (κ3) is 3.30. The molecule has 3 heteroatoms. The molecule has 0 fully saturated rings. The molecule has 15 heavy (non-hydrogen) atoms. The molecule has 1 aliphatic carbocycles. The molecule has 0 aliphatic heterocycles. The molecule has 0 heterocycles. The van der Waals surface area contributed by atoms with Gasteiger partial charge in [0.15, 0.2) is 6.29 Å². The van der Waals surface area contributed by atoms with Crippen molar-refractivity contribution in [2.45, 2.75) is 46.5 Å². The molecule has 0 N–H and O–H groups in total. The summed E-state index contributed by atoms with van der Waals surface area (Å²) >= 11 is 3.41. The van der Waals surface area contributed by atoms with Gasteiger partial charge in [-0.15, -0.1) is 0 Å². The minimum absolute atomic E-state index is 0.118. The molecule has 0 aromatic heterocycles. The maximum Gasteiger partial charge on any atom is 0.167 e. The van der Waals surface area contributed by atoms with Crippen molar-refractivity contribution in [2.24, 2.45) is 5.92 Å². The van der Waals surface area contributed by atoms with Crippen LogP contribution < -0.4 is 0 Å². The second-order valence-corrected chi connectivity index (χ2v) is 4.81. The minimum Gasteiger partial charge on any atom is -0.352 e. The molecule has 1 rings (SSSR count). The first-order valence-corrected chi connectivity index (χ1v) is 6.72. The Hall–Kier alpha value is 0.140. The molecule has 0 aromatic rings. The van der Waals surface area contributed by atoms with Crippen molar-refractivity contribution in [1.82, 2.24) is 0 Å². The van der Waals surface area contributed by atoms with Gasteiger partial charge >= 0.3 is 0 Å². The van der Waals surface area contributed by atoms with Crippen molar-refractivity contribution in [3.63, 3.8) is 0 Å². The zero-order valence-corrected chi connectivity index (χ0v) is 11.6. The molecule has 3 atom stereocenters. The average molecular weight is 277 g/mol. The van der Waals surface area contributed by atoms with Crippen molar-refractivity contribution in [3.05, 3.63) is 11.1 Å². The number of alkyl halides is 1. The van der Waals surface area contributed by atoms with Gasteiger partial charge in [-0.3, -0.25) is 0 Å². The standard InChI is InChI=1S/C12H21BrO2/c1-5-14-12(7-13)15-11-6-8(2)9(3)10(11)4/h8,11-12H,5-7H2,1-4H3. The van der Waals surface area contributed by atoms with Gasteiger partial charge in [0.1, 0.15) is 0 Å². The van der Waals surface area contributed by atoms with Gasteiger partial charge in [0, 0.05) is 6.61 Å². The highest BCUT2D eigenvalue weighted by atomic mass is 79.9. The predicted molar refractivity (Wildman–Crippen MR) is 66.2 cm³/mol. The summed E-state index contributed by atoms with van der Waals surface area (Å²) in [5.74, 6) is 0.646. The Morgan fingerprint density at radius 2 is 2.07 bits per heavy atom. The molecular weight excluding hydrogens is 256 g/mol. The van der Waals surface area contributed by atoms with Crippen LogP contribution in [-0.4, -0.2) is 24.3 Å². The van der Waals surface area contributed by atoms with Crippen LogP contribution in [0.25, 0.3) is 0 Å². The van der Waals surface area contributed by atoms with Gasteiger partial charge in [-0.05, 0) is 38.7 Å². The van der Waals surface area contributed by atoms with Crippen molar-refractivity contribution in [2.75, 3.05) is 11.9 Å². The normalized spacial score (nSPS) is 28.6. The molecule has 0 saturated carbocycles. The van der Waals surface area contributed by atoms with Crippen molar-refractivity contribution in [3.8, 4) is 0 Å². The molecule has 0 aromatic carbocycles. The second-order valence-electron chi connectivity index (χ2n) is 4.17. The highest BCUT2D eigenvalue weighted by molar-refractivity contribution is 9.09. The van der Waals surface area contributed by atoms with E-state index >= 15 is 0 Å². The molecule has 1 aliphatic rings. The van der Waals surface area contributed by atoms with Gasteiger partial charge in [0.25, 0.3) is 0 Å². The number of rotatable bonds is 5. The summed E-state index contributed by atoms with van der Waals surface area (Å²) in [6.45, 7) is 9.31. The summed E-state index contributed by atoms with van der Waals surface area (Å²) in [6, 6.07) is 0. The Morgan fingerprint density at radius 1 is 1.40 bits per heavy atom. The Morgan fingerprint density at radius 3 is 2.47 bits per heavy atom. The third-order valence-electron chi connectivity index (χ3n) is 3.21. The van der Waals surface area contributed by atoms with Crippen LogP contribution in [0.1, 0.15) is 34.1 Å². The first-order chi connectivity index (χ1) is 7.10. The van der Waals surface area contributed by atoms with Gasteiger partial charge in [-0.2, -0.15) is 0 Å². The van der Waals surface area contributed by atoms with Gasteiger partial charge < -0.3 is 9.47 Å². The lowest BCUT2D eigenvalue weighted by Gasteiger charge is -2.21. The Labute approximate surface area is 101 Å². The van der Waals surface area contributed by atoms with Crippen molar-refractivity contribution < 1.29 is 9.47 Å². The van der Waals surface area contributed by atoms with Gasteiger partial charge in [0.05, 0.1) is 11.4 Å². The first-order valence-electron chi connectivity index (χ1n) is 5.60. The van der Waals surface area contributed by atoms with E-state index in [2.05, 4.69) is 36.7 Å². The van der Waals surface area contributed by atoms with Gasteiger partial charge in [-0.1, -0.05) is 28.4 Å². The van der Waals surface area contributed by atoms with Crippen LogP contribution in [0.2, 0.25) is 0 Å². The fourth-order valence-electron chi connectivity index (χ4n) is 1.96. The Kier molecular flexibility index (Phi) is 5.30. The zero-order valence-electron chi connectivity index (χ0n) is 10.0. The third-order valence-corrected chi connectivity index (χ3v) is 3.74. The number of halogens is 1. The number of allylic oxidation sites excluding steroid dienone is 1. The second kappa shape index (κ2) is 6.02. The largest absolute Gasteiger partial charge is 0.352 e. The summed E-state index contributed by atoms with van der Waals surface area (Å²) in [5, 5.41) is 0.734. The lowest BCUT2D eigenvalue weighted by molar-refractivity contribution is -0.145. The first kappa shape index (κ1) is 13.2. The summed E-state index contributed by atoms with van der Waals surface area (Å²) in [7, 11) is 0. The highest BCUT2D eigenvalue weighted by Gasteiger charge is 2.28. The lowest BCUT2D eigenvalue weighted by atomic mass is 10.1. The van der Waals surface area contributed by atoms with E-state index in [0.29, 0.717) is 12.5 Å². The Balaban J connectivity index is 2.53. The van der Waals surface area contributed by atoms with Crippen LogP contribution in [0, 0.1) is 5.92 Å². The molecular formula is C12H21BrO2. The maximum absolute atomic E-state index is 5.93. The van der Waals surface area contributed by atoms with E-state index in [9.17, 15) is 0 Å². The van der Waals surface area contributed by atoms with Crippen LogP contribution in [0.15, 0.2) is 11.1 Å². The maximum atomic E-state index is 5.93. The quantitative estimate of drug-likeness (QED) is 0.435. The van der Waals surface area contributed by atoms with E-state index in [1.165, 1.54) is 11.1 Å². The van der Waals surface area contributed by atoms with Crippen LogP contribution in [0.4, 0.5) is 0 Å². The summed E-state index contributed by atoms with van der Waals surface area (Å²) in [5.41, 5.74) is 2.86. The SMILES string of the molecule is CCOC(CBr)OC1CC(C)C(C)=C1C. The Bertz CT molecular complexity index is 238. The topological polar surface area (TPSA) is 18.5 Å². The average Bonchev–Trinajstić information content (AvgIpc) is 2.46. The summed E-state index contributed by atoms with van der Waals surface area (Å²) < 4.78 is 11.4. The van der Waals surface area contributed by atoms with Crippen LogP contribution >= 0.6 is 15.9 Å². The van der Waals surface area contributed by atoms with E-state index in [-0.39, 0.29) is 12.4 Å². The van der Waals surface area contributed by atoms with Gasteiger partial charge in [0.2, 0.25) is 0 Å². The van der Waals surface area contributed by atoms with Crippen LogP contribution in [0.3, 0.4) is 0 Å². The number of hydrogen-bond acceptors (Lipinski definition) is 2. The van der Waals surface area contributed by atoms with E-state index in [1.807, 2.05) is 6.92 Å². The van der Waals surface area contributed by atoms with E-state index in [0.717, 1.165) is 11.8 Å². The number of ether oxygens (including phenoxy) is 2. The monoisotopic (exact) mass is 276 g/mol. The fraction of sp³-hybridized carbons (Fsp3) is 0.833. The van der Waals surface area contributed by atoms with Crippen molar-refractivity contribution in [1.29, 1.82) is 0 Å². The fourth-order valence-corrected chi connectivity index (χ4v) is 2.30. The zero-order chi connectivity index (χ0) is 11.4. The molecule has 0 radical (unpaired) electrons. The highest BCUT2D eigenvalue weighted by Crippen LogP contribution is 2.33. The van der Waals surface area contributed by atoms with E-state index in [4.69, 9.17) is 9.47 Å². The molecule has 2 nitrogen and oxygen atoms in total. The summed E-state index contributed by atoms with van der Waals surface area (Å²) in [4.78, 5) is 0. The molecule has 3 unspecified atom stereocenters. The van der Waals surface area contributed by atoms with Crippen LogP contribution in [0.5, 0.6) is 0 Å². The smallest absolute Gasteiger partial charge is 0.167 e. The summed E-state index contributed by atoms with van der Waals surface area (Å²) in [6.07, 6.45) is 1.22. The molecule has 88 valence electrons. The molecule has 0 saturated heterocycles. The predicted octanol–water partition coefficient (Wildman–Crippen LogP) is 3.51. The molecule has 0 spiro atoms. The van der Waals surface area contributed by atoms with Gasteiger partial charge in [-0.25, -0.2) is 0 Å². The molecule has 0 amide bonds. The molecule has 0 bridgehead atoms.